The highest BCUT2D eigenvalue weighted by molar-refractivity contribution is 9.10. The molecule has 110 valence electrons. The first-order chi connectivity index (χ1) is 10.1. The zero-order valence-electron chi connectivity index (χ0n) is 10.9. The highest BCUT2D eigenvalue weighted by Gasteiger charge is 2.11. The molecule has 2 aromatic carbocycles. The Morgan fingerprint density at radius 3 is 2.57 bits per heavy atom. The summed E-state index contributed by atoms with van der Waals surface area (Å²) in [6.45, 7) is 0.339. The molecule has 0 radical (unpaired) electrons. The van der Waals surface area contributed by atoms with Gasteiger partial charge in [-0.1, -0.05) is 53.5 Å². The molecule has 0 aliphatic heterocycles. The second kappa shape index (κ2) is 7.69. The van der Waals surface area contributed by atoms with E-state index in [-0.39, 0.29) is 12.5 Å². The molecule has 0 heterocycles. The molecule has 0 aliphatic carbocycles. The van der Waals surface area contributed by atoms with Gasteiger partial charge in [0.05, 0.1) is 9.50 Å². The molecule has 0 saturated carbocycles. The summed E-state index contributed by atoms with van der Waals surface area (Å²) >= 11 is 15.2. The quantitative estimate of drug-likeness (QED) is 0.821. The van der Waals surface area contributed by atoms with Crippen molar-refractivity contribution >= 4 is 45.0 Å². The summed E-state index contributed by atoms with van der Waals surface area (Å²) in [6.07, 6.45) is 0. The van der Waals surface area contributed by atoms with Crippen LogP contribution in [0.1, 0.15) is 5.56 Å². The van der Waals surface area contributed by atoms with E-state index in [4.69, 9.17) is 27.9 Å². The zero-order valence-corrected chi connectivity index (χ0v) is 14.0. The summed E-state index contributed by atoms with van der Waals surface area (Å²) in [5.74, 6) is 0.174. The molecule has 2 aromatic rings. The van der Waals surface area contributed by atoms with E-state index in [0.717, 1.165) is 5.56 Å². The average Bonchev–Trinajstić information content (AvgIpc) is 2.45. The van der Waals surface area contributed by atoms with E-state index in [1.807, 2.05) is 30.3 Å². The highest BCUT2D eigenvalue weighted by atomic mass is 79.9. The summed E-state index contributed by atoms with van der Waals surface area (Å²) in [7, 11) is 0. The molecule has 0 atom stereocenters. The summed E-state index contributed by atoms with van der Waals surface area (Å²) in [4.78, 5) is 11.8. The summed E-state index contributed by atoms with van der Waals surface area (Å²) in [5, 5.41) is 3.62. The lowest BCUT2D eigenvalue weighted by atomic mass is 10.2. The van der Waals surface area contributed by atoms with Crippen LogP contribution >= 0.6 is 39.1 Å². The Bertz CT molecular complexity index is 612. The number of carbonyl (C=O) groups is 1. The van der Waals surface area contributed by atoms with Crippen LogP contribution in [0.3, 0.4) is 0 Å². The van der Waals surface area contributed by atoms with E-state index in [0.29, 0.717) is 26.8 Å². The largest absolute Gasteiger partial charge is 0.481 e. The molecule has 0 unspecified atom stereocenters. The number of hydrogen-bond donors (Lipinski definition) is 1. The molecule has 1 N–H and O–H groups in total. The SMILES string of the molecule is O=C(COc1c(Cl)cc(Cl)cc1Br)NCc1ccccc1. The van der Waals surface area contributed by atoms with Crippen molar-refractivity contribution in [2.75, 3.05) is 6.61 Å². The molecular weight excluding hydrogens is 377 g/mol. The van der Waals surface area contributed by atoms with E-state index in [1.54, 1.807) is 12.1 Å². The Hall–Kier alpha value is -1.23. The van der Waals surface area contributed by atoms with Crippen molar-refractivity contribution in [3.8, 4) is 5.75 Å². The monoisotopic (exact) mass is 387 g/mol. The molecule has 21 heavy (non-hydrogen) atoms. The maximum Gasteiger partial charge on any atom is 0.258 e. The van der Waals surface area contributed by atoms with Gasteiger partial charge >= 0.3 is 0 Å². The fraction of sp³-hybridized carbons (Fsp3) is 0.133. The third-order valence-corrected chi connectivity index (χ3v) is 3.73. The van der Waals surface area contributed by atoms with Gasteiger partial charge in [0.1, 0.15) is 0 Å². The molecule has 0 aromatic heterocycles. The molecule has 2 rings (SSSR count). The van der Waals surface area contributed by atoms with Crippen LogP contribution in [0.25, 0.3) is 0 Å². The number of rotatable bonds is 5. The van der Waals surface area contributed by atoms with E-state index in [9.17, 15) is 4.79 Å². The number of nitrogens with one attached hydrogen (secondary N) is 1. The van der Waals surface area contributed by atoms with Crippen molar-refractivity contribution in [3.63, 3.8) is 0 Å². The van der Waals surface area contributed by atoms with Crippen LogP contribution < -0.4 is 10.1 Å². The molecule has 6 heteroatoms. The lowest BCUT2D eigenvalue weighted by Crippen LogP contribution is -2.28. The standard InChI is InChI=1S/C15H12BrCl2NO2/c16-12-6-11(17)7-13(18)15(12)21-9-14(20)19-8-10-4-2-1-3-5-10/h1-7H,8-9H2,(H,19,20). The second-order valence-electron chi connectivity index (χ2n) is 4.25. The molecular formula is C15H12BrCl2NO2. The van der Waals surface area contributed by atoms with E-state index >= 15 is 0 Å². The van der Waals surface area contributed by atoms with Crippen LogP contribution in [0, 0.1) is 0 Å². The topological polar surface area (TPSA) is 38.3 Å². The van der Waals surface area contributed by atoms with Gasteiger partial charge in [-0.05, 0) is 33.6 Å². The highest BCUT2D eigenvalue weighted by Crippen LogP contribution is 2.35. The Labute approximate surface area is 141 Å². The van der Waals surface area contributed by atoms with E-state index in [2.05, 4.69) is 21.2 Å². The van der Waals surface area contributed by atoms with E-state index < -0.39 is 0 Å². The summed E-state index contributed by atoms with van der Waals surface area (Å²) < 4.78 is 6.03. The van der Waals surface area contributed by atoms with Crippen molar-refractivity contribution in [1.82, 2.24) is 5.32 Å². The van der Waals surface area contributed by atoms with Gasteiger partial charge in [0.15, 0.2) is 12.4 Å². The van der Waals surface area contributed by atoms with Crippen LogP contribution in [0.5, 0.6) is 5.75 Å². The number of amides is 1. The lowest BCUT2D eigenvalue weighted by molar-refractivity contribution is -0.123. The van der Waals surface area contributed by atoms with Gasteiger partial charge in [0.25, 0.3) is 5.91 Å². The van der Waals surface area contributed by atoms with Crippen LogP contribution in [0.15, 0.2) is 46.9 Å². The van der Waals surface area contributed by atoms with Crippen LogP contribution in [0.2, 0.25) is 10.0 Å². The van der Waals surface area contributed by atoms with E-state index in [1.165, 1.54) is 0 Å². The maximum atomic E-state index is 11.8. The molecule has 0 saturated heterocycles. The Morgan fingerprint density at radius 1 is 1.19 bits per heavy atom. The van der Waals surface area contributed by atoms with Crippen molar-refractivity contribution in [3.05, 3.63) is 62.5 Å². The van der Waals surface area contributed by atoms with Crippen LogP contribution in [-0.4, -0.2) is 12.5 Å². The van der Waals surface area contributed by atoms with Crippen molar-refractivity contribution in [2.24, 2.45) is 0 Å². The van der Waals surface area contributed by atoms with Gasteiger partial charge in [0.2, 0.25) is 0 Å². The minimum Gasteiger partial charge on any atom is -0.481 e. The number of benzene rings is 2. The van der Waals surface area contributed by atoms with Gasteiger partial charge in [0, 0.05) is 11.6 Å². The molecule has 1 amide bonds. The third kappa shape index (κ3) is 4.92. The number of carbonyl (C=O) groups excluding carboxylic acids is 1. The third-order valence-electron chi connectivity index (χ3n) is 2.64. The zero-order chi connectivity index (χ0) is 15.2. The summed E-state index contributed by atoms with van der Waals surface area (Å²) in [5.41, 5.74) is 1.02. The maximum absolute atomic E-state index is 11.8. The number of hydrogen-bond acceptors (Lipinski definition) is 2. The Kier molecular flexibility index (Phi) is 5.91. The lowest BCUT2D eigenvalue weighted by Gasteiger charge is -2.11. The molecule has 0 spiro atoms. The molecule has 0 bridgehead atoms. The smallest absolute Gasteiger partial charge is 0.258 e. The molecule has 0 fully saturated rings. The Morgan fingerprint density at radius 2 is 1.90 bits per heavy atom. The average molecular weight is 389 g/mol. The fourth-order valence-corrected chi connectivity index (χ4v) is 3.02. The fourth-order valence-electron chi connectivity index (χ4n) is 1.65. The Balaban J connectivity index is 1.87. The number of ether oxygens (including phenoxy) is 1. The first-order valence-electron chi connectivity index (χ1n) is 6.14. The van der Waals surface area contributed by atoms with Gasteiger partial charge in [-0.15, -0.1) is 0 Å². The first kappa shape index (κ1) is 16.1. The van der Waals surface area contributed by atoms with Gasteiger partial charge in [-0.3, -0.25) is 4.79 Å². The van der Waals surface area contributed by atoms with Gasteiger partial charge in [-0.2, -0.15) is 0 Å². The second-order valence-corrected chi connectivity index (χ2v) is 5.95. The first-order valence-corrected chi connectivity index (χ1v) is 7.69. The van der Waals surface area contributed by atoms with Crippen molar-refractivity contribution < 1.29 is 9.53 Å². The normalized spacial score (nSPS) is 10.2. The van der Waals surface area contributed by atoms with Crippen molar-refractivity contribution in [1.29, 1.82) is 0 Å². The summed E-state index contributed by atoms with van der Waals surface area (Å²) in [6, 6.07) is 12.9. The van der Waals surface area contributed by atoms with Crippen molar-refractivity contribution in [2.45, 2.75) is 6.54 Å². The predicted molar refractivity (Wildman–Crippen MR) is 87.9 cm³/mol. The minimum atomic E-state index is -0.225. The molecule has 0 aliphatic rings. The van der Waals surface area contributed by atoms with Crippen LogP contribution in [-0.2, 0) is 11.3 Å². The van der Waals surface area contributed by atoms with Gasteiger partial charge < -0.3 is 10.1 Å². The predicted octanol–water partition coefficient (Wildman–Crippen LogP) is 4.45. The number of halogens is 3. The van der Waals surface area contributed by atoms with Gasteiger partial charge in [-0.25, -0.2) is 0 Å². The minimum absolute atomic E-state index is 0.118. The van der Waals surface area contributed by atoms with Crippen LogP contribution in [0.4, 0.5) is 0 Å². The molecule has 3 nitrogen and oxygen atoms in total.